The predicted octanol–water partition coefficient (Wildman–Crippen LogP) is 7.53. The molecule has 0 saturated heterocycles. The van der Waals surface area contributed by atoms with Gasteiger partial charge in [0, 0.05) is 16.5 Å². The first kappa shape index (κ1) is 22.0. The highest BCUT2D eigenvalue weighted by atomic mass is 19.2. The van der Waals surface area contributed by atoms with Crippen molar-refractivity contribution in [1.82, 2.24) is 0 Å². The van der Waals surface area contributed by atoms with Crippen LogP contribution in [0.2, 0.25) is 0 Å². The molecule has 0 heterocycles. The molecule has 32 heavy (non-hydrogen) atoms. The van der Waals surface area contributed by atoms with Crippen LogP contribution in [0.25, 0.3) is 10.8 Å². The first-order valence-corrected chi connectivity index (χ1v) is 10.2. The quantitative estimate of drug-likeness (QED) is 0.126. The van der Waals surface area contributed by atoms with E-state index in [1.807, 2.05) is 6.08 Å². The van der Waals surface area contributed by atoms with Crippen molar-refractivity contribution in [1.29, 1.82) is 0 Å². The SMILES string of the molecule is C=CC1CCC(c2c(F)cc(C#Cc3ccc4c(F)c(F)c(F)cc4c3)c(F)c2F)CC1. The standard InChI is InChI=1S/C26H18F6/c1-2-14-3-7-16(8-4-14)22-20(27)12-17(23(29)26(22)32)9-5-15-6-10-19-18(11-15)13-21(28)25(31)24(19)30/h2,6,10-14,16H,1,3-4,7-8H2. The molecule has 1 aliphatic carbocycles. The minimum Gasteiger partial charge on any atom is -0.207 e. The topological polar surface area (TPSA) is 0 Å². The molecule has 0 spiro atoms. The fourth-order valence-electron chi connectivity index (χ4n) is 4.24. The summed E-state index contributed by atoms with van der Waals surface area (Å²) in [7, 11) is 0. The van der Waals surface area contributed by atoms with Gasteiger partial charge in [0.15, 0.2) is 29.1 Å². The molecule has 0 N–H and O–H groups in total. The lowest BCUT2D eigenvalue weighted by Gasteiger charge is -2.27. The minimum atomic E-state index is -1.58. The van der Waals surface area contributed by atoms with E-state index in [-0.39, 0.29) is 21.9 Å². The third-order valence-corrected chi connectivity index (χ3v) is 6.02. The fraction of sp³-hybridized carbons (Fsp3) is 0.231. The summed E-state index contributed by atoms with van der Waals surface area (Å²) in [5.41, 5.74) is -0.496. The Bertz CT molecular complexity index is 1270. The Kier molecular flexibility index (Phi) is 6.01. The maximum absolute atomic E-state index is 14.7. The van der Waals surface area contributed by atoms with Crippen molar-refractivity contribution in [2.45, 2.75) is 31.6 Å². The molecule has 4 rings (SSSR count). The van der Waals surface area contributed by atoms with Gasteiger partial charge in [0.2, 0.25) is 0 Å². The zero-order valence-electron chi connectivity index (χ0n) is 16.9. The van der Waals surface area contributed by atoms with Crippen LogP contribution in [-0.2, 0) is 0 Å². The van der Waals surface area contributed by atoms with Gasteiger partial charge in [-0.2, -0.15) is 0 Å². The van der Waals surface area contributed by atoms with E-state index in [0.717, 1.165) is 25.0 Å². The van der Waals surface area contributed by atoms with Crippen LogP contribution in [0, 0.1) is 52.7 Å². The summed E-state index contributed by atoms with van der Waals surface area (Å²) in [4.78, 5) is 0. The summed E-state index contributed by atoms with van der Waals surface area (Å²) in [6.07, 6.45) is 4.39. The smallest absolute Gasteiger partial charge is 0.195 e. The Labute approximate surface area is 181 Å². The van der Waals surface area contributed by atoms with E-state index in [0.29, 0.717) is 18.8 Å². The van der Waals surface area contributed by atoms with Crippen LogP contribution in [0.3, 0.4) is 0 Å². The van der Waals surface area contributed by atoms with Crippen molar-refractivity contribution >= 4 is 10.8 Å². The Balaban J connectivity index is 1.66. The summed E-state index contributed by atoms with van der Waals surface area (Å²) in [6, 6.07) is 5.50. The molecular formula is C26H18F6. The van der Waals surface area contributed by atoms with Crippen molar-refractivity contribution in [2.75, 3.05) is 0 Å². The third kappa shape index (κ3) is 4.00. The van der Waals surface area contributed by atoms with E-state index in [4.69, 9.17) is 0 Å². The van der Waals surface area contributed by atoms with Gasteiger partial charge >= 0.3 is 0 Å². The Morgan fingerprint density at radius 3 is 2.16 bits per heavy atom. The number of hydrogen-bond acceptors (Lipinski definition) is 0. The Hall–Kier alpha value is -3.20. The van der Waals surface area contributed by atoms with Crippen LogP contribution in [-0.4, -0.2) is 0 Å². The average molecular weight is 444 g/mol. The van der Waals surface area contributed by atoms with Gasteiger partial charge in [-0.25, -0.2) is 26.3 Å². The highest BCUT2D eigenvalue weighted by molar-refractivity contribution is 5.84. The van der Waals surface area contributed by atoms with Crippen molar-refractivity contribution in [3.63, 3.8) is 0 Å². The fourth-order valence-corrected chi connectivity index (χ4v) is 4.24. The molecule has 3 aromatic rings. The second kappa shape index (κ2) is 8.74. The van der Waals surface area contributed by atoms with Crippen molar-refractivity contribution < 1.29 is 26.3 Å². The summed E-state index contributed by atoms with van der Waals surface area (Å²) in [5.74, 6) is -2.78. The molecule has 0 atom stereocenters. The lowest BCUT2D eigenvalue weighted by molar-refractivity contribution is 0.354. The van der Waals surface area contributed by atoms with Crippen LogP contribution < -0.4 is 0 Å². The van der Waals surface area contributed by atoms with Crippen LogP contribution in [0.1, 0.15) is 48.3 Å². The van der Waals surface area contributed by atoms with E-state index in [9.17, 15) is 26.3 Å². The number of rotatable bonds is 2. The number of halogens is 6. The number of fused-ring (bicyclic) bond motifs is 1. The van der Waals surface area contributed by atoms with Crippen LogP contribution >= 0.6 is 0 Å². The summed E-state index contributed by atoms with van der Waals surface area (Å²) in [6.45, 7) is 3.74. The molecule has 0 nitrogen and oxygen atoms in total. The summed E-state index contributed by atoms with van der Waals surface area (Å²) in [5, 5.41) is -0.0928. The van der Waals surface area contributed by atoms with E-state index < -0.39 is 46.4 Å². The average Bonchev–Trinajstić information content (AvgIpc) is 2.79. The summed E-state index contributed by atoms with van der Waals surface area (Å²) < 4.78 is 84.7. The second-order valence-electron chi connectivity index (χ2n) is 7.97. The van der Waals surface area contributed by atoms with Gasteiger partial charge in [-0.1, -0.05) is 24.0 Å². The highest BCUT2D eigenvalue weighted by Crippen LogP contribution is 2.39. The maximum atomic E-state index is 14.7. The predicted molar refractivity (Wildman–Crippen MR) is 111 cm³/mol. The zero-order valence-corrected chi connectivity index (χ0v) is 16.9. The van der Waals surface area contributed by atoms with Gasteiger partial charge in [-0.3, -0.25) is 0 Å². The van der Waals surface area contributed by atoms with Crippen LogP contribution in [0.5, 0.6) is 0 Å². The van der Waals surface area contributed by atoms with Gasteiger partial charge in [-0.15, -0.1) is 6.58 Å². The van der Waals surface area contributed by atoms with Gasteiger partial charge in [0.25, 0.3) is 0 Å². The van der Waals surface area contributed by atoms with Gasteiger partial charge in [0.1, 0.15) is 5.82 Å². The molecule has 0 radical (unpaired) electrons. The van der Waals surface area contributed by atoms with Gasteiger partial charge < -0.3 is 0 Å². The van der Waals surface area contributed by atoms with Crippen molar-refractivity contribution in [3.8, 4) is 11.8 Å². The van der Waals surface area contributed by atoms with E-state index in [1.54, 1.807) is 0 Å². The highest BCUT2D eigenvalue weighted by Gasteiger charge is 2.28. The van der Waals surface area contributed by atoms with Crippen LogP contribution in [0.15, 0.2) is 43.0 Å². The molecule has 0 aromatic heterocycles. The van der Waals surface area contributed by atoms with Gasteiger partial charge in [0.05, 0.1) is 5.56 Å². The number of hydrogen-bond donors (Lipinski definition) is 0. The zero-order chi connectivity index (χ0) is 23.0. The van der Waals surface area contributed by atoms with E-state index >= 15 is 0 Å². The minimum absolute atomic E-state index is 0.0523. The van der Waals surface area contributed by atoms with Crippen molar-refractivity contribution in [3.05, 3.63) is 94.6 Å². The molecule has 1 aliphatic rings. The molecule has 3 aromatic carbocycles. The van der Waals surface area contributed by atoms with Crippen molar-refractivity contribution in [2.24, 2.45) is 5.92 Å². The first-order valence-electron chi connectivity index (χ1n) is 10.2. The second-order valence-corrected chi connectivity index (χ2v) is 7.97. The molecule has 1 saturated carbocycles. The van der Waals surface area contributed by atoms with E-state index in [2.05, 4.69) is 18.4 Å². The molecule has 164 valence electrons. The lowest BCUT2D eigenvalue weighted by Crippen LogP contribution is -2.15. The normalized spacial score (nSPS) is 18.3. The third-order valence-electron chi connectivity index (χ3n) is 6.02. The largest absolute Gasteiger partial charge is 0.207 e. The van der Waals surface area contributed by atoms with Gasteiger partial charge in [-0.05, 0) is 67.2 Å². The molecule has 6 heteroatoms. The number of allylic oxidation sites excluding steroid dienone is 1. The molecule has 0 bridgehead atoms. The molecule has 0 unspecified atom stereocenters. The molecular weight excluding hydrogens is 426 g/mol. The maximum Gasteiger partial charge on any atom is 0.195 e. The Morgan fingerprint density at radius 1 is 0.750 bits per heavy atom. The molecule has 1 fully saturated rings. The number of benzene rings is 3. The molecule has 0 aliphatic heterocycles. The lowest BCUT2D eigenvalue weighted by atomic mass is 9.78. The van der Waals surface area contributed by atoms with Crippen LogP contribution in [0.4, 0.5) is 26.3 Å². The van der Waals surface area contributed by atoms with E-state index in [1.165, 1.54) is 18.2 Å². The summed E-state index contributed by atoms with van der Waals surface area (Å²) >= 11 is 0. The Morgan fingerprint density at radius 2 is 1.47 bits per heavy atom. The monoisotopic (exact) mass is 444 g/mol. The first-order chi connectivity index (χ1) is 15.3. The molecule has 0 amide bonds.